The van der Waals surface area contributed by atoms with Crippen LogP contribution >= 0.6 is 23.2 Å². The lowest BCUT2D eigenvalue weighted by molar-refractivity contribution is 0.0471. The van der Waals surface area contributed by atoms with Crippen LogP contribution in [0.5, 0.6) is 0 Å². The van der Waals surface area contributed by atoms with E-state index in [0.29, 0.717) is 28.3 Å². The molecule has 156 valence electrons. The number of carbonyl (C=O) groups is 1. The third-order valence-corrected chi connectivity index (χ3v) is 5.63. The molecule has 0 saturated carbocycles. The number of ether oxygens (including phenoxy) is 1. The molecule has 1 atom stereocenters. The van der Waals surface area contributed by atoms with Crippen LogP contribution in [0.4, 0.5) is 14.9 Å². The van der Waals surface area contributed by atoms with Crippen molar-refractivity contribution in [3.8, 4) is 0 Å². The lowest BCUT2D eigenvalue weighted by atomic mass is 9.95. The number of urea groups is 1. The molecule has 4 rings (SSSR count). The largest absolute Gasteiger partial charge is 0.373 e. The quantitative estimate of drug-likeness (QED) is 0.583. The fraction of sp³-hybridized carbons (Fsp3) is 0.238. The molecule has 0 saturated heterocycles. The van der Waals surface area contributed by atoms with Crippen LogP contribution < -0.4 is 10.9 Å². The zero-order valence-electron chi connectivity index (χ0n) is 16.0. The summed E-state index contributed by atoms with van der Waals surface area (Å²) >= 11 is 11.9. The van der Waals surface area contributed by atoms with Crippen LogP contribution in [0.2, 0.25) is 10.0 Å². The van der Waals surface area contributed by atoms with E-state index in [9.17, 15) is 14.0 Å². The number of benzene rings is 2. The monoisotopic (exact) mass is 449 g/mol. The summed E-state index contributed by atoms with van der Waals surface area (Å²) in [5.41, 5.74) is 1.56. The van der Waals surface area contributed by atoms with E-state index in [0.717, 1.165) is 10.9 Å². The van der Waals surface area contributed by atoms with E-state index in [2.05, 4.69) is 10.3 Å². The molecule has 2 amide bonds. The average Bonchev–Trinajstić information content (AvgIpc) is 2.71. The van der Waals surface area contributed by atoms with Gasteiger partial charge in [-0.2, -0.15) is 0 Å². The van der Waals surface area contributed by atoms with Crippen molar-refractivity contribution >= 4 is 45.7 Å². The number of amides is 2. The number of nitrogens with zero attached hydrogens (tertiary/aromatic N) is 1. The van der Waals surface area contributed by atoms with Crippen molar-refractivity contribution in [2.75, 3.05) is 18.5 Å². The highest BCUT2D eigenvalue weighted by Gasteiger charge is 2.32. The summed E-state index contributed by atoms with van der Waals surface area (Å²) in [5.74, 6) is -0.564. The Morgan fingerprint density at radius 2 is 2.07 bits per heavy atom. The number of hydrogen-bond acceptors (Lipinski definition) is 3. The molecule has 0 radical (unpaired) electrons. The first-order valence-corrected chi connectivity index (χ1v) is 10.1. The number of aromatic amines is 1. The number of pyridine rings is 1. The van der Waals surface area contributed by atoms with Crippen LogP contribution in [-0.2, 0) is 11.3 Å². The maximum Gasteiger partial charge on any atom is 0.322 e. The number of halogens is 3. The minimum Gasteiger partial charge on any atom is -0.373 e. The van der Waals surface area contributed by atoms with Gasteiger partial charge in [0.05, 0.1) is 24.3 Å². The molecule has 0 spiro atoms. The van der Waals surface area contributed by atoms with E-state index < -0.39 is 17.9 Å². The van der Waals surface area contributed by atoms with Gasteiger partial charge in [-0.3, -0.25) is 4.79 Å². The highest BCUT2D eigenvalue weighted by Crippen LogP contribution is 2.34. The van der Waals surface area contributed by atoms with Crippen LogP contribution in [-0.4, -0.2) is 29.1 Å². The number of hydrogen-bond donors (Lipinski definition) is 2. The number of nitrogens with one attached hydrogen (secondary N) is 2. The first kappa shape index (κ1) is 20.7. The minimum absolute atomic E-state index is 0.0809. The van der Waals surface area contributed by atoms with E-state index in [4.69, 9.17) is 27.9 Å². The zero-order valence-corrected chi connectivity index (χ0v) is 17.5. The molecule has 2 N–H and O–H groups in total. The molecule has 6 nitrogen and oxygen atoms in total. The van der Waals surface area contributed by atoms with Crippen LogP contribution in [0.15, 0.2) is 41.2 Å². The molecular formula is C21H18Cl2FN3O3. The summed E-state index contributed by atoms with van der Waals surface area (Å²) in [6, 6.07) is 8.26. The van der Waals surface area contributed by atoms with Crippen LogP contribution in [0.25, 0.3) is 10.8 Å². The number of carbonyl (C=O) groups excluding carboxylic acids is 1. The van der Waals surface area contributed by atoms with Crippen LogP contribution in [0.3, 0.4) is 0 Å². The number of H-pyrrole nitrogens is 1. The first-order chi connectivity index (χ1) is 14.4. The van der Waals surface area contributed by atoms with Gasteiger partial charge in [-0.05, 0) is 42.6 Å². The summed E-state index contributed by atoms with van der Waals surface area (Å²) in [6.45, 7) is 2.73. The molecule has 0 fully saturated rings. The van der Waals surface area contributed by atoms with Crippen molar-refractivity contribution in [1.82, 2.24) is 9.88 Å². The highest BCUT2D eigenvalue weighted by molar-refractivity contribution is 6.31. The topological polar surface area (TPSA) is 74.4 Å². The Hall–Kier alpha value is -2.61. The van der Waals surface area contributed by atoms with Gasteiger partial charge in [0.15, 0.2) is 0 Å². The molecule has 1 aliphatic heterocycles. The highest BCUT2D eigenvalue weighted by atomic mass is 35.5. The average molecular weight is 450 g/mol. The van der Waals surface area contributed by atoms with Crippen molar-refractivity contribution in [1.29, 1.82) is 0 Å². The normalized spacial score (nSPS) is 15.7. The molecule has 0 bridgehead atoms. The smallest absolute Gasteiger partial charge is 0.322 e. The summed E-state index contributed by atoms with van der Waals surface area (Å²) in [4.78, 5) is 30.0. The van der Waals surface area contributed by atoms with Gasteiger partial charge in [-0.15, -0.1) is 0 Å². The zero-order chi connectivity index (χ0) is 21.4. The Balaban J connectivity index is 1.74. The van der Waals surface area contributed by atoms with Gasteiger partial charge in [-0.25, -0.2) is 9.18 Å². The number of rotatable bonds is 3. The number of anilines is 1. The SMILES string of the molecule is CCN(C(=O)Nc1ccc(F)c(Cl)c1)C1COCc2[nH]c(=O)c3cc(Cl)ccc3c21. The summed E-state index contributed by atoms with van der Waals surface area (Å²) < 4.78 is 19.1. The number of fused-ring (bicyclic) bond motifs is 3. The summed E-state index contributed by atoms with van der Waals surface area (Å²) in [5, 5.41) is 4.30. The Morgan fingerprint density at radius 1 is 1.27 bits per heavy atom. The molecule has 30 heavy (non-hydrogen) atoms. The lowest BCUT2D eigenvalue weighted by Crippen LogP contribution is -2.42. The fourth-order valence-electron chi connectivity index (χ4n) is 3.74. The van der Waals surface area contributed by atoms with Crippen LogP contribution in [0, 0.1) is 5.82 Å². The Kier molecular flexibility index (Phi) is 5.69. The molecule has 9 heteroatoms. The van der Waals surface area contributed by atoms with E-state index in [-0.39, 0.29) is 23.8 Å². The standard InChI is InChI=1S/C21H18Cl2FN3O3/c1-2-27(21(29)25-12-4-6-16(24)15(23)8-12)18-10-30-9-17-19(18)13-5-3-11(22)7-14(13)20(28)26-17/h3-8,18H,2,9-10H2,1H3,(H,25,29)(H,26,28). The fourth-order valence-corrected chi connectivity index (χ4v) is 4.10. The molecule has 2 heterocycles. The van der Waals surface area contributed by atoms with E-state index in [1.165, 1.54) is 18.2 Å². The van der Waals surface area contributed by atoms with Crippen LogP contribution in [0.1, 0.15) is 24.2 Å². The van der Waals surface area contributed by atoms with Crippen molar-refractivity contribution in [3.05, 3.63) is 73.9 Å². The van der Waals surface area contributed by atoms with Gasteiger partial charge >= 0.3 is 6.03 Å². The molecule has 0 aliphatic carbocycles. The number of aromatic nitrogens is 1. The van der Waals surface area contributed by atoms with Crippen molar-refractivity contribution in [2.45, 2.75) is 19.6 Å². The third-order valence-electron chi connectivity index (χ3n) is 5.11. The molecular weight excluding hydrogens is 432 g/mol. The molecule has 1 unspecified atom stereocenters. The van der Waals surface area contributed by atoms with Gasteiger partial charge in [0.2, 0.25) is 0 Å². The summed E-state index contributed by atoms with van der Waals surface area (Å²) in [7, 11) is 0. The molecule has 3 aromatic rings. The Bertz CT molecular complexity index is 1200. The lowest BCUT2D eigenvalue weighted by Gasteiger charge is -2.35. The maximum atomic E-state index is 13.4. The van der Waals surface area contributed by atoms with E-state index >= 15 is 0 Å². The Labute approximate surface area is 181 Å². The third kappa shape index (κ3) is 3.76. The minimum atomic E-state index is -0.564. The molecule has 1 aliphatic rings. The number of likely N-dealkylation sites (N-methyl/N-ethyl adjacent to an activating group) is 1. The van der Waals surface area contributed by atoms with Crippen molar-refractivity contribution < 1.29 is 13.9 Å². The predicted octanol–water partition coefficient (Wildman–Crippen LogP) is 5.10. The first-order valence-electron chi connectivity index (χ1n) is 9.33. The molecule has 1 aromatic heterocycles. The van der Waals surface area contributed by atoms with Gasteiger partial charge < -0.3 is 19.9 Å². The van der Waals surface area contributed by atoms with Crippen molar-refractivity contribution in [3.63, 3.8) is 0 Å². The second-order valence-electron chi connectivity index (χ2n) is 6.91. The maximum absolute atomic E-state index is 13.4. The second kappa shape index (κ2) is 8.26. The van der Waals surface area contributed by atoms with E-state index in [1.807, 2.05) is 6.92 Å². The second-order valence-corrected chi connectivity index (χ2v) is 7.76. The van der Waals surface area contributed by atoms with Crippen molar-refractivity contribution in [2.24, 2.45) is 0 Å². The summed E-state index contributed by atoms with van der Waals surface area (Å²) in [6.07, 6.45) is 0. The van der Waals surface area contributed by atoms with Gasteiger partial charge in [0.1, 0.15) is 5.82 Å². The van der Waals surface area contributed by atoms with Gasteiger partial charge in [-0.1, -0.05) is 29.3 Å². The molecule has 2 aromatic carbocycles. The van der Waals surface area contributed by atoms with Gasteiger partial charge in [0, 0.05) is 33.9 Å². The Morgan fingerprint density at radius 3 is 2.80 bits per heavy atom. The predicted molar refractivity (Wildman–Crippen MR) is 115 cm³/mol. The van der Waals surface area contributed by atoms with E-state index in [1.54, 1.807) is 23.1 Å². The van der Waals surface area contributed by atoms with Gasteiger partial charge in [0.25, 0.3) is 5.56 Å².